The molecule has 3 aromatic rings. The average Bonchev–Trinajstić information content (AvgIpc) is 2.95. The van der Waals surface area contributed by atoms with Gasteiger partial charge in [0.05, 0.1) is 5.02 Å². The molecule has 2 aromatic heterocycles. The summed E-state index contributed by atoms with van der Waals surface area (Å²) in [6.07, 6.45) is 0. The Bertz CT molecular complexity index is 944. The Labute approximate surface area is 147 Å². The van der Waals surface area contributed by atoms with E-state index >= 15 is 0 Å². The average molecular weight is 362 g/mol. The fourth-order valence-corrected chi connectivity index (χ4v) is 2.23. The van der Waals surface area contributed by atoms with Crippen molar-refractivity contribution in [2.75, 3.05) is 10.6 Å². The second-order valence-corrected chi connectivity index (χ2v) is 5.66. The summed E-state index contributed by atoms with van der Waals surface area (Å²) >= 11 is 5.75. The number of nitrogens with zero attached hydrogens (tertiary/aromatic N) is 3. The lowest BCUT2D eigenvalue weighted by molar-refractivity contribution is 0.102. The van der Waals surface area contributed by atoms with E-state index in [1.807, 2.05) is 0 Å². The number of halogens is 2. The number of carbonyl (C=O) groups excluding carboxylic acids is 1. The molecule has 0 unspecified atom stereocenters. The second-order valence-electron chi connectivity index (χ2n) is 5.25. The Balaban J connectivity index is 1.82. The molecule has 0 aliphatic rings. The zero-order valence-corrected chi connectivity index (χ0v) is 14.1. The van der Waals surface area contributed by atoms with Gasteiger partial charge in [-0.15, -0.1) is 0 Å². The molecule has 0 saturated carbocycles. The summed E-state index contributed by atoms with van der Waals surface area (Å²) in [7, 11) is 0. The van der Waals surface area contributed by atoms with E-state index in [2.05, 4.69) is 25.8 Å². The molecule has 1 amide bonds. The van der Waals surface area contributed by atoms with Gasteiger partial charge >= 0.3 is 0 Å². The lowest BCUT2D eigenvalue weighted by Gasteiger charge is -2.08. The first-order valence-corrected chi connectivity index (χ1v) is 7.61. The van der Waals surface area contributed by atoms with E-state index in [4.69, 9.17) is 16.1 Å². The van der Waals surface area contributed by atoms with Crippen molar-refractivity contribution < 1.29 is 13.7 Å². The minimum absolute atomic E-state index is 0.0305. The van der Waals surface area contributed by atoms with Gasteiger partial charge in [0.25, 0.3) is 5.91 Å². The van der Waals surface area contributed by atoms with E-state index in [1.165, 1.54) is 24.3 Å². The summed E-state index contributed by atoms with van der Waals surface area (Å²) in [5.74, 6) is 0.0619. The highest BCUT2D eigenvalue weighted by molar-refractivity contribution is 6.31. The van der Waals surface area contributed by atoms with E-state index in [0.717, 1.165) is 0 Å². The maximum absolute atomic E-state index is 13.2. The molecule has 3 rings (SSSR count). The van der Waals surface area contributed by atoms with Crippen LogP contribution in [0.25, 0.3) is 0 Å². The Hall–Kier alpha value is -3.00. The fraction of sp³-hybridized carbons (Fsp3) is 0.125. The standard InChI is InChI=1S/C16H13ClFN5O2/c1-8-5-13(15(24)22-14-6-9(2)25-23-14)21-16(19-8)20-10-3-4-12(18)11(17)7-10/h3-7H,1-2H3,(H,19,20,21)(H,22,23,24). The van der Waals surface area contributed by atoms with Gasteiger partial charge in [-0.05, 0) is 38.1 Å². The largest absolute Gasteiger partial charge is 0.360 e. The van der Waals surface area contributed by atoms with Crippen molar-refractivity contribution in [3.63, 3.8) is 0 Å². The predicted octanol–water partition coefficient (Wildman–Crippen LogP) is 3.87. The molecule has 0 bridgehead atoms. The van der Waals surface area contributed by atoms with Gasteiger partial charge < -0.3 is 15.2 Å². The molecule has 25 heavy (non-hydrogen) atoms. The summed E-state index contributed by atoms with van der Waals surface area (Å²) in [6.45, 7) is 3.44. The maximum Gasteiger partial charge on any atom is 0.275 e. The highest BCUT2D eigenvalue weighted by Crippen LogP contribution is 2.21. The molecule has 2 heterocycles. The number of benzene rings is 1. The highest BCUT2D eigenvalue weighted by atomic mass is 35.5. The normalized spacial score (nSPS) is 10.6. The summed E-state index contributed by atoms with van der Waals surface area (Å²) in [5.41, 5.74) is 1.21. The maximum atomic E-state index is 13.2. The number of aromatic nitrogens is 3. The zero-order chi connectivity index (χ0) is 18.0. The lowest BCUT2D eigenvalue weighted by Crippen LogP contribution is -2.15. The SMILES string of the molecule is Cc1cc(C(=O)Nc2cc(C)on2)nc(Nc2ccc(F)c(Cl)c2)n1. The van der Waals surface area contributed by atoms with E-state index in [1.54, 1.807) is 19.9 Å². The summed E-state index contributed by atoms with van der Waals surface area (Å²) in [5, 5.41) is 9.14. The van der Waals surface area contributed by atoms with Crippen LogP contribution in [0.5, 0.6) is 0 Å². The Morgan fingerprint density at radius 1 is 1.20 bits per heavy atom. The third-order valence-corrected chi connectivity index (χ3v) is 3.42. The Morgan fingerprint density at radius 2 is 2.00 bits per heavy atom. The van der Waals surface area contributed by atoms with Gasteiger partial charge in [0.2, 0.25) is 5.95 Å². The third-order valence-electron chi connectivity index (χ3n) is 3.13. The van der Waals surface area contributed by atoms with Crippen molar-refractivity contribution in [1.82, 2.24) is 15.1 Å². The van der Waals surface area contributed by atoms with Crippen LogP contribution in [-0.2, 0) is 0 Å². The van der Waals surface area contributed by atoms with Crippen LogP contribution in [-0.4, -0.2) is 21.0 Å². The van der Waals surface area contributed by atoms with Gasteiger partial charge in [-0.3, -0.25) is 4.79 Å². The first-order valence-electron chi connectivity index (χ1n) is 7.23. The molecular formula is C16H13ClFN5O2. The van der Waals surface area contributed by atoms with Crippen LogP contribution < -0.4 is 10.6 Å². The number of hydrogen-bond donors (Lipinski definition) is 2. The van der Waals surface area contributed by atoms with Crippen LogP contribution in [0.1, 0.15) is 21.9 Å². The first kappa shape index (κ1) is 16.8. The van der Waals surface area contributed by atoms with Gasteiger partial charge in [0.15, 0.2) is 5.82 Å². The van der Waals surface area contributed by atoms with Crippen LogP contribution >= 0.6 is 11.6 Å². The lowest BCUT2D eigenvalue weighted by atomic mass is 10.3. The number of carbonyl (C=O) groups is 1. The Kier molecular flexibility index (Phi) is 4.62. The molecule has 0 aliphatic heterocycles. The smallest absolute Gasteiger partial charge is 0.275 e. The number of nitrogens with one attached hydrogen (secondary N) is 2. The van der Waals surface area contributed by atoms with E-state index in [0.29, 0.717) is 23.0 Å². The van der Waals surface area contributed by atoms with Gasteiger partial charge in [-0.25, -0.2) is 14.4 Å². The number of aryl methyl sites for hydroxylation is 2. The van der Waals surface area contributed by atoms with Gasteiger partial charge in [0.1, 0.15) is 17.3 Å². The van der Waals surface area contributed by atoms with Crippen molar-refractivity contribution in [2.45, 2.75) is 13.8 Å². The van der Waals surface area contributed by atoms with Gasteiger partial charge in [-0.2, -0.15) is 0 Å². The van der Waals surface area contributed by atoms with Gasteiger partial charge in [0, 0.05) is 17.4 Å². The number of hydrogen-bond acceptors (Lipinski definition) is 6. The van der Waals surface area contributed by atoms with E-state index < -0.39 is 11.7 Å². The molecule has 128 valence electrons. The third kappa shape index (κ3) is 4.10. The topological polar surface area (TPSA) is 92.9 Å². The molecule has 1 aromatic carbocycles. The second kappa shape index (κ2) is 6.86. The molecule has 0 spiro atoms. The van der Waals surface area contributed by atoms with Crippen molar-refractivity contribution in [2.24, 2.45) is 0 Å². The molecule has 0 aliphatic carbocycles. The van der Waals surface area contributed by atoms with Gasteiger partial charge in [-0.1, -0.05) is 16.8 Å². The van der Waals surface area contributed by atoms with Crippen molar-refractivity contribution in [1.29, 1.82) is 0 Å². The summed E-state index contributed by atoms with van der Waals surface area (Å²) in [4.78, 5) is 20.7. The summed E-state index contributed by atoms with van der Waals surface area (Å²) < 4.78 is 18.1. The number of anilines is 3. The molecule has 0 atom stereocenters. The molecule has 2 N–H and O–H groups in total. The van der Waals surface area contributed by atoms with Crippen LogP contribution in [0.2, 0.25) is 5.02 Å². The minimum atomic E-state index is -0.527. The van der Waals surface area contributed by atoms with E-state index in [9.17, 15) is 9.18 Å². The quantitative estimate of drug-likeness (QED) is 0.732. The fourth-order valence-electron chi connectivity index (χ4n) is 2.05. The molecule has 0 fully saturated rings. The van der Waals surface area contributed by atoms with Crippen molar-refractivity contribution in [3.8, 4) is 0 Å². The molecule has 7 nitrogen and oxygen atoms in total. The van der Waals surface area contributed by atoms with Crippen molar-refractivity contribution in [3.05, 3.63) is 58.3 Å². The van der Waals surface area contributed by atoms with Crippen molar-refractivity contribution >= 4 is 35.0 Å². The molecule has 0 saturated heterocycles. The number of rotatable bonds is 4. The molecular weight excluding hydrogens is 349 g/mol. The molecule has 9 heteroatoms. The number of amides is 1. The Morgan fingerprint density at radius 3 is 2.68 bits per heavy atom. The monoisotopic (exact) mass is 361 g/mol. The zero-order valence-electron chi connectivity index (χ0n) is 13.3. The van der Waals surface area contributed by atoms with Crippen LogP contribution in [0.3, 0.4) is 0 Å². The molecule has 0 radical (unpaired) electrons. The highest BCUT2D eigenvalue weighted by Gasteiger charge is 2.13. The van der Waals surface area contributed by atoms with E-state index in [-0.39, 0.29) is 16.7 Å². The van der Waals surface area contributed by atoms with Crippen LogP contribution in [0, 0.1) is 19.7 Å². The predicted molar refractivity (Wildman–Crippen MR) is 90.7 cm³/mol. The van der Waals surface area contributed by atoms with Crippen LogP contribution in [0.15, 0.2) is 34.9 Å². The summed E-state index contributed by atoms with van der Waals surface area (Å²) in [6, 6.07) is 7.24. The minimum Gasteiger partial charge on any atom is -0.360 e. The van der Waals surface area contributed by atoms with Crippen LogP contribution in [0.4, 0.5) is 21.8 Å². The first-order chi connectivity index (χ1) is 11.9.